The summed E-state index contributed by atoms with van der Waals surface area (Å²) in [6, 6.07) is 0. The summed E-state index contributed by atoms with van der Waals surface area (Å²) >= 11 is 0. The molecule has 0 saturated carbocycles. The molecule has 4 N–H and O–H groups in total. The van der Waals surface area contributed by atoms with E-state index in [0.29, 0.717) is 28.9 Å². The Labute approximate surface area is 203 Å². The van der Waals surface area contributed by atoms with Crippen LogP contribution in [0, 0.1) is 0 Å². The zero-order valence-electron chi connectivity index (χ0n) is 20.5. The zero-order chi connectivity index (χ0) is 25.7. The number of ether oxygens (including phenoxy) is 1. The number of imidazole rings is 1. The number of aliphatic hydroxyl groups is 1. The number of aromatic nitrogens is 4. The van der Waals surface area contributed by atoms with Crippen LogP contribution in [0.15, 0.2) is 12.7 Å². The van der Waals surface area contributed by atoms with Gasteiger partial charge < -0.3 is 20.5 Å². The van der Waals surface area contributed by atoms with Gasteiger partial charge in [0.2, 0.25) is 0 Å². The van der Waals surface area contributed by atoms with Crippen molar-refractivity contribution in [3.63, 3.8) is 0 Å². The second kappa shape index (κ2) is 15.4. The molecular formula is C20H38N6O6P2+2. The summed E-state index contributed by atoms with van der Waals surface area (Å²) in [5.41, 5.74) is 7.22. The van der Waals surface area contributed by atoms with E-state index in [2.05, 4.69) is 54.6 Å². The van der Waals surface area contributed by atoms with Gasteiger partial charge in [-0.3, -0.25) is 4.57 Å². The summed E-state index contributed by atoms with van der Waals surface area (Å²) in [6.45, 7) is 10.3. The zero-order valence-corrected chi connectivity index (χ0v) is 22.5. The number of fused-ring (bicyclic) bond motifs is 1. The van der Waals surface area contributed by atoms with E-state index in [-0.39, 0.29) is 6.61 Å². The average Bonchev–Trinajstić information content (AvgIpc) is 3.44. The predicted octanol–water partition coefficient (Wildman–Crippen LogP) is 2.84. The Kier molecular flexibility index (Phi) is 13.7. The van der Waals surface area contributed by atoms with Crippen molar-refractivity contribution in [1.82, 2.24) is 24.4 Å². The van der Waals surface area contributed by atoms with Crippen molar-refractivity contribution >= 4 is 34.4 Å². The first-order valence-electron chi connectivity index (χ1n) is 11.3. The summed E-state index contributed by atoms with van der Waals surface area (Å²) < 4.78 is 31.0. The maximum Gasteiger partial charge on any atom is 0.494 e. The summed E-state index contributed by atoms with van der Waals surface area (Å²) in [5, 5.41) is 9.92. The van der Waals surface area contributed by atoms with E-state index in [1.54, 1.807) is 10.9 Å². The van der Waals surface area contributed by atoms with Crippen LogP contribution in [-0.4, -0.2) is 72.4 Å². The third-order valence-corrected chi connectivity index (χ3v) is 6.75. The molecular weight excluding hydrogens is 482 g/mol. The topological polar surface area (TPSA) is 166 Å². The highest BCUT2D eigenvalue weighted by molar-refractivity contribution is 7.17. The fraction of sp³-hybridized carbons (Fsp3) is 0.750. The molecule has 2 aromatic rings. The molecule has 0 spiro atoms. The number of rotatable bonds is 9. The van der Waals surface area contributed by atoms with E-state index in [1.807, 2.05) is 0 Å². The summed E-state index contributed by atoms with van der Waals surface area (Å²) in [5.74, 6) is 0.291. The first-order valence-corrected chi connectivity index (χ1v) is 12.9. The van der Waals surface area contributed by atoms with Crippen molar-refractivity contribution in [2.75, 3.05) is 25.9 Å². The maximum atomic E-state index is 10.3. The minimum atomic E-state index is -1.17. The maximum absolute atomic E-state index is 10.3. The molecule has 1 aliphatic heterocycles. The second-order valence-corrected chi connectivity index (χ2v) is 8.44. The lowest BCUT2D eigenvalue weighted by Gasteiger charge is -2.39. The lowest BCUT2D eigenvalue weighted by Crippen LogP contribution is -2.44. The third kappa shape index (κ3) is 7.68. The molecule has 0 aliphatic carbocycles. The highest BCUT2D eigenvalue weighted by Gasteiger charge is 2.36. The van der Waals surface area contributed by atoms with Gasteiger partial charge in [0.1, 0.15) is 30.8 Å². The van der Waals surface area contributed by atoms with Crippen LogP contribution in [0.4, 0.5) is 5.82 Å². The molecule has 0 radical (unpaired) electrons. The van der Waals surface area contributed by atoms with Gasteiger partial charge in [-0.05, 0) is 42.0 Å². The monoisotopic (exact) mass is 520 g/mol. The molecule has 0 aromatic carbocycles. The van der Waals surface area contributed by atoms with Gasteiger partial charge in [0, 0.05) is 12.0 Å². The van der Waals surface area contributed by atoms with Gasteiger partial charge in [-0.15, -0.1) is 4.52 Å². The lowest BCUT2D eigenvalue weighted by atomic mass is 9.88. The fourth-order valence-electron chi connectivity index (χ4n) is 4.13. The molecule has 14 heteroatoms. The molecule has 1 saturated heterocycles. The molecule has 2 unspecified atom stereocenters. The van der Waals surface area contributed by atoms with Crippen molar-refractivity contribution in [2.45, 2.75) is 77.4 Å². The Hall–Kier alpha value is -1.65. The standard InChI is InChI=1S/C10H13N5O4P.C10H23N.HO2P/c11-9-8-10(13-3-12-9)15(4-14-8)7-1-5(16)6(19-7)2-18-20-17;1-6-10(7-2,8-3)11(5)9-4;1-3-2/h3-7,16,20H,1-2H2,(H2,11,12,13);6-9H2,1-5H3;3H/q+1;;/p+1/t5-,6+,7+;;/m0../s1. The molecule has 12 nitrogen and oxygen atoms in total. The van der Waals surface area contributed by atoms with Gasteiger partial charge in [-0.1, -0.05) is 27.7 Å². The number of hydrogen-bond acceptors (Lipinski definition) is 10. The normalized spacial score (nSPS) is 20.3. The van der Waals surface area contributed by atoms with Crippen molar-refractivity contribution in [3.8, 4) is 0 Å². The first-order chi connectivity index (χ1) is 16.3. The van der Waals surface area contributed by atoms with Gasteiger partial charge in [0.05, 0.1) is 12.4 Å². The summed E-state index contributed by atoms with van der Waals surface area (Å²) in [6.07, 6.45) is 5.41. The van der Waals surface area contributed by atoms with Crippen LogP contribution in [-0.2, 0) is 18.4 Å². The molecule has 192 valence electrons. The fourth-order valence-corrected chi connectivity index (χ4v) is 4.36. The second-order valence-electron chi connectivity index (χ2n) is 7.80. The van der Waals surface area contributed by atoms with E-state index in [0.717, 1.165) is 6.54 Å². The smallest absolute Gasteiger partial charge is 0.390 e. The molecule has 34 heavy (non-hydrogen) atoms. The van der Waals surface area contributed by atoms with E-state index in [1.165, 1.54) is 25.6 Å². The highest BCUT2D eigenvalue weighted by Crippen LogP contribution is 2.31. The van der Waals surface area contributed by atoms with Crippen molar-refractivity contribution in [1.29, 1.82) is 0 Å². The minimum Gasteiger partial charge on any atom is -0.390 e. The highest BCUT2D eigenvalue weighted by atomic mass is 31.1. The van der Waals surface area contributed by atoms with E-state index >= 15 is 0 Å². The minimum absolute atomic E-state index is 0.0728. The predicted molar refractivity (Wildman–Crippen MR) is 132 cm³/mol. The molecule has 3 rings (SSSR count). The first kappa shape index (κ1) is 30.4. The average molecular weight is 521 g/mol. The summed E-state index contributed by atoms with van der Waals surface area (Å²) in [4.78, 5) is 21.7. The Morgan fingerprint density at radius 3 is 2.35 bits per heavy atom. The molecule has 3 heterocycles. The van der Waals surface area contributed by atoms with Gasteiger partial charge in [0.15, 0.2) is 11.5 Å². The van der Waals surface area contributed by atoms with E-state index in [4.69, 9.17) is 24.5 Å². The van der Waals surface area contributed by atoms with Crippen molar-refractivity contribution < 1.29 is 28.4 Å². The molecule has 0 amide bonds. The van der Waals surface area contributed by atoms with Crippen molar-refractivity contribution in [2.24, 2.45) is 0 Å². The van der Waals surface area contributed by atoms with Crippen LogP contribution in [0.1, 0.15) is 59.6 Å². The quantitative estimate of drug-likeness (QED) is 0.416. The number of aliphatic hydroxyl groups excluding tert-OH is 1. The van der Waals surface area contributed by atoms with Gasteiger partial charge >= 0.3 is 17.4 Å². The molecule has 1 fully saturated rings. The van der Waals surface area contributed by atoms with Crippen LogP contribution in [0.2, 0.25) is 0 Å². The Morgan fingerprint density at radius 1 is 1.24 bits per heavy atom. The van der Waals surface area contributed by atoms with Gasteiger partial charge in [0.25, 0.3) is 0 Å². The van der Waals surface area contributed by atoms with Crippen LogP contribution in [0.25, 0.3) is 11.2 Å². The van der Waals surface area contributed by atoms with E-state index in [9.17, 15) is 9.67 Å². The van der Waals surface area contributed by atoms with Crippen LogP contribution in [0.5, 0.6) is 0 Å². The number of nitrogen functional groups attached to an aromatic ring is 1. The Balaban J connectivity index is 0.000000352. The largest absolute Gasteiger partial charge is 0.494 e. The Bertz CT molecular complexity index is 876. The number of hydrogen-bond donors (Lipinski definition) is 3. The lowest BCUT2D eigenvalue weighted by molar-refractivity contribution is -0.0362. The number of nitrogens with zero attached hydrogens (tertiary/aromatic N) is 5. The molecule has 5 atom stereocenters. The van der Waals surface area contributed by atoms with Gasteiger partial charge in [-0.2, -0.15) is 4.89 Å². The molecule has 1 aliphatic rings. The van der Waals surface area contributed by atoms with Gasteiger partial charge in [-0.25, -0.2) is 15.0 Å². The third-order valence-electron chi connectivity index (χ3n) is 6.47. The van der Waals surface area contributed by atoms with Crippen LogP contribution < -0.4 is 5.73 Å². The van der Waals surface area contributed by atoms with E-state index < -0.39 is 35.8 Å². The molecule has 0 bridgehead atoms. The Morgan fingerprint density at radius 2 is 1.85 bits per heavy atom. The summed E-state index contributed by atoms with van der Waals surface area (Å²) in [7, 11) is 0.190. The number of nitrogens with two attached hydrogens (primary N) is 1. The molecule has 2 aromatic heterocycles. The SMILES string of the molecule is CCN(C)C(CC)(CC)CC.Nc1ncnc2c1ncn2[C@H]1C[C@H](O)[C@@H](CO[PH+]=O)O1.O=[PH+]O. The number of anilines is 1. The van der Waals surface area contributed by atoms with Crippen LogP contribution >= 0.6 is 17.4 Å². The van der Waals surface area contributed by atoms with Crippen molar-refractivity contribution in [3.05, 3.63) is 12.7 Å². The van der Waals surface area contributed by atoms with Crippen LogP contribution in [0.3, 0.4) is 0 Å².